The van der Waals surface area contributed by atoms with Gasteiger partial charge in [0.2, 0.25) is 0 Å². The fourth-order valence-corrected chi connectivity index (χ4v) is 3.75. The van der Waals surface area contributed by atoms with Gasteiger partial charge in [0.05, 0.1) is 5.92 Å². The molecule has 0 saturated carbocycles. The number of piperazine rings is 1. The number of halogens is 1. The molecule has 0 radical (unpaired) electrons. The number of hydrogen-bond donors (Lipinski definition) is 1. The lowest BCUT2D eigenvalue weighted by molar-refractivity contribution is -0.110. The molecule has 1 unspecified atom stereocenters. The van der Waals surface area contributed by atoms with Crippen LogP contribution in [-0.2, 0) is 4.79 Å². The number of hydrogen-bond acceptors (Lipinski definition) is 4. The van der Waals surface area contributed by atoms with E-state index in [0.717, 1.165) is 54.3 Å². The Hall–Kier alpha value is -2.04. The highest BCUT2D eigenvalue weighted by Gasteiger charge is 2.25. The summed E-state index contributed by atoms with van der Waals surface area (Å²) in [7, 11) is 0. The predicted octanol–water partition coefficient (Wildman–Crippen LogP) is 4.24. The van der Waals surface area contributed by atoms with Gasteiger partial charge in [-0.2, -0.15) is 0 Å². The number of carbonyl (C=O) groups is 1. The van der Waals surface area contributed by atoms with Gasteiger partial charge in [-0.15, -0.1) is 0 Å². The third kappa shape index (κ3) is 4.82. The van der Waals surface area contributed by atoms with Crippen LogP contribution in [-0.4, -0.2) is 49.0 Å². The molecule has 1 heterocycles. The molecule has 3 rings (SSSR count). The maximum absolute atomic E-state index is 11.6. The molecule has 5 heteroatoms. The number of carbonyl (C=O) groups excluding carboxylic acids is 1. The van der Waals surface area contributed by atoms with Gasteiger partial charge in [-0.25, -0.2) is 0 Å². The third-order valence-corrected chi connectivity index (χ3v) is 5.51. The number of rotatable bonds is 5. The molecule has 0 spiro atoms. The number of nitrogens with zero attached hydrogens (tertiary/aromatic N) is 2. The van der Waals surface area contributed by atoms with Crippen molar-refractivity contribution in [2.45, 2.75) is 13.8 Å². The van der Waals surface area contributed by atoms with Crippen molar-refractivity contribution in [3.63, 3.8) is 0 Å². The van der Waals surface area contributed by atoms with Crippen LogP contribution < -0.4 is 4.90 Å². The largest absolute Gasteiger partial charge is 0.511 e. The van der Waals surface area contributed by atoms with Crippen molar-refractivity contribution >= 4 is 23.6 Å². The summed E-state index contributed by atoms with van der Waals surface area (Å²) >= 11 is 6.10. The smallest absolute Gasteiger partial charge is 0.134 e. The second-order valence-electron chi connectivity index (χ2n) is 7.49. The first-order valence-corrected chi connectivity index (χ1v) is 9.85. The maximum atomic E-state index is 11.6. The van der Waals surface area contributed by atoms with Gasteiger partial charge in [0.15, 0.2) is 0 Å². The van der Waals surface area contributed by atoms with E-state index in [2.05, 4.69) is 29.7 Å². The quantitative estimate of drug-likeness (QED) is 0.768. The van der Waals surface area contributed by atoms with Crippen LogP contribution in [0.5, 0.6) is 0 Å². The minimum atomic E-state index is -0.552. The number of aliphatic hydroxyl groups is 1. The Morgan fingerprint density at radius 3 is 2.59 bits per heavy atom. The average molecular weight is 387 g/mol. The van der Waals surface area contributed by atoms with E-state index >= 15 is 0 Å². The molecule has 0 aromatic heterocycles. The normalized spacial score (nSPS) is 21.4. The highest BCUT2D eigenvalue weighted by atomic mass is 35.5. The van der Waals surface area contributed by atoms with Crippen LogP contribution in [0.1, 0.15) is 13.8 Å². The molecule has 27 heavy (non-hydrogen) atoms. The van der Waals surface area contributed by atoms with Crippen LogP contribution in [0.2, 0.25) is 5.02 Å². The summed E-state index contributed by atoms with van der Waals surface area (Å²) in [5, 5.41) is 11.1. The Morgan fingerprint density at radius 1 is 1.22 bits per heavy atom. The fourth-order valence-electron chi connectivity index (χ4n) is 3.57. The molecular formula is C22H27ClN2O2. The topological polar surface area (TPSA) is 43.8 Å². The van der Waals surface area contributed by atoms with Crippen LogP contribution in [0, 0.1) is 11.8 Å². The number of aliphatic hydroxyl groups excluding tert-OH is 1. The molecule has 1 aromatic rings. The van der Waals surface area contributed by atoms with Gasteiger partial charge in [0.25, 0.3) is 0 Å². The van der Waals surface area contributed by atoms with Crippen LogP contribution in [0.25, 0.3) is 0 Å². The lowest BCUT2D eigenvalue weighted by Crippen LogP contribution is -2.47. The van der Waals surface area contributed by atoms with Gasteiger partial charge in [0, 0.05) is 43.4 Å². The van der Waals surface area contributed by atoms with E-state index in [1.165, 1.54) is 0 Å². The van der Waals surface area contributed by atoms with Gasteiger partial charge < -0.3 is 14.8 Å². The second kappa shape index (κ2) is 8.77. The molecule has 1 N–H and O–H groups in total. The molecule has 0 amide bonds. The molecule has 1 fully saturated rings. The molecule has 0 bridgehead atoms. The maximum Gasteiger partial charge on any atom is 0.134 e. The van der Waals surface area contributed by atoms with Crippen LogP contribution >= 0.6 is 11.6 Å². The van der Waals surface area contributed by atoms with Crippen molar-refractivity contribution < 1.29 is 9.90 Å². The third-order valence-electron chi connectivity index (χ3n) is 5.28. The van der Waals surface area contributed by atoms with Gasteiger partial charge in [-0.3, -0.25) is 4.90 Å². The summed E-state index contributed by atoms with van der Waals surface area (Å²) in [6.45, 7) is 8.48. The molecule has 1 aliphatic carbocycles. The SMILES string of the molecule is CC(C)C1=CC=C(CN2CCN(c3cccc(Cl)c3)CC2)C(C=O)C(O)=C1. The zero-order valence-electron chi connectivity index (χ0n) is 15.9. The van der Waals surface area contributed by atoms with Crippen molar-refractivity contribution in [2.75, 3.05) is 37.6 Å². The first-order chi connectivity index (χ1) is 13.0. The summed E-state index contributed by atoms with van der Waals surface area (Å²) in [4.78, 5) is 16.3. The van der Waals surface area contributed by atoms with Gasteiger partial charge >= 0.3 is 0 Å². The Morgan fingerprint density at radius 2 is 1.96 bits per heavy atom. The monoisotopic (exact) mass is 386 g/mol. The lowest BCUT2D eigenvalue weighted by atomic mass is 9.97. The Bertz CT molecular complexity index is 774. The van der Waals surface area contributed by atoms with Crippen molar-refractivity contribution in [1.29, 1.82) is 0 Å². The highest BCUT2D eigenvalue weighted by molar-refractivity contribution is 6.30. The summed E-state index contributed by atoms with van der Waals surface area (Å²) in [5.41, 5.74) is 3.14. The molecule has 1 atom stereocenters. The Balaban J connectivity index is 1.67. The first-order valence-electron chi connectivity index (χ1n) is 9.47. The van der Waals surface area contributed by atoms with E-state index in [1.54, 1.807) is 6.08 Å². The molecule has 1 saturated heterocycles. The Kier molecular flexibility index (Phi) is 6.40. The predicted molar refractivity (Wildman–Crippen MR) is 111 cm³/mol. The zero-order valence-corrected chi connectivity index (χ0v) is 16.7. The van der Waals surface area contributed by atoms with Crippen molar-refractivity contribution in [3.8, 4) is 0 Å². The summed E-state index contributed by atoms with van der Waals surface area (Å²) < 4.78 is 0. The molecule has 144 valence electrons. The zero-order chi connectivity index (χ0) is 19.4. The van der Waals surface area contributed by atoms with Crippen molar-refractivity contribution in [1.82, 2.24) is 4.90 Å². The highest BCUT2D eigenvalue weighted by Crippen LogP contribution is 2.27. The van der Waals surface area contributed by atoms with E-state index in [-0.39, 0.29) is 5.76 Å². The number of allylic oxidation sites excluding steroid dienone is 5. The molecule has 1 aliphatic heterocycles. The van der Waals surface area contributed by atoms with E-state index in [0.29, 0.717) is 12.5 Å². The molecule has 2 aliphatic rings. The minimum absolute atomic E-state index is 0.145. The number of anilines is 1. The van der Waals surface area contributed by atoms with Crippen molar-refractivity contribution in [2.24, 2.45) is 11.8 Å². The summed E-state index contributed by atoms with van der Waals surface area (Å²) in [6.07, 6.45) is 6.63. The van der Waals surface area contributed by atoms with Gasteiger partial charge in [-0.05, 0) is 41.3 Å². The standard InChI is InChI=1S/C22H27ClN2O2/c1-16(2)17-6-7-18(21(15-26)22(27)12-17)14-24-8-10-25(11-9-24)20-5-3-4-19(23)13-20/h3-7,12-13,15-16,21,27H,8-11,14H2,1-2H3. The second-order valence-corrected chi connectivity index (χ2v) is 7.93. The van der Waals surface area contributed by atoms with E-state index in [1.807, 2.05) is 30.4 Å². The van der Waals surface area contributed by atoms with Crippen LogP contribution in [0.15, 0.2) is 59.4 Å². The van der Waals surface area contributed by atoms with Crippen molar-refractivity contribution in [3.05, 3.63) is 64.4 Å². The van der Waals surface area contributed by atoms with E-state index in [4.69, 9.17) is 11.6 Å². The van der Waals surface area contributed by atoms with E-state index < -0.39 is 5.92 Å². The van der Waals surface area contributed by atoms with Crippen LogP contribution in [0.4, 0.5) is 5.69 Å². The van der Waals surface area contributed by atoms with Gasteiger partial charge in [0.1, 0.15) is 12.0 Å². The summed E-state index contributed by atoms with van der Waals surface area (Å²) in [6, 6.07) is 7.94. The molecule has 1 aromatic carbocycles. The Labute approximate surface area is 166 Å². The van der Waals surface area contributed by atoms with E-state index in [9.17, 15) is 9.90 Å². The van der Waals surface area contributed by atoms with Crippen LogP contribution in [0.3, 0.4) is 0 Å². The molecular weight excluding hydrogens is 360 g/mol. The summed E-state index contributed by atoms with van der Waals surface area (Å²) in [5.74, 6) is -0.106. The van der Waals surface area contributed by atoms with Gasteiger partial charge in [-0.1, -0.05) is 43.7 Å². The minimum Gasteiger partial charge on any atom is -0.511 e. The number of aldehydes is 1. The first kappa shape index (κ1) is 19.7. The number of benzene rings is 1. The lowest BCUT2D eigenvalue weighted by Gasteiger charge is -2.37. The molecule has 4 nitrogen and oxygen atoms in total. The average Bonchev–Trinajstić information content (AvgIpc) is 2.81. The fraction of sp³-hybridized carbons (Fsp3) is 0.409.